The van der Waals surface area contributed by atoms with Crippen molar-refractivity contribution < 1.29 is 32.6 Å². The lowest BCUT2D eigenvalue weighted by molar-refractivity contribution is -0.203. The first-order chi connectivity index (χ1) is 13.1. The summed E-state index contributed by atoms with van der Waals surface area (Å²) < 4.78 is 45.5. The van der Waals surface area contributed by atoms with Gasteiger partial charge in [-0.2, -0.15) is 0 Å². The number of para-hydroxylation sites is 1. The number of aliphatic hydroxyl groups is 1. The first-order valence-electron chi connectivity index (χ1n) is 8.03. The fourth-order valence-electron chi connectivity index (χ4n) is 2.72. The van der Waals surface area contributed by atoms with Gasteiger partial charge in [0.1, 0.15) is 12.4 Å². The van der Waals surface area contributed by atoms with Crippen molar-refractivity contribution in [2.75, 3.05) is 6.61 Å². The lowest BCUT2D eigenvalue weighted by atomic mass is 9.97. The predicted molar refractivity (Wildman–Crippen MR) is 93.0 cm³/mol. The minimum Gasteiger partial charge on any atom is -0.427 e. The summed E-state index contributed by atoms with van der Waals surface area (Å²) in [6, 6.07) is 8.97. The van der Waals surface area contributed by atoms with Crippen molar-refractivity contribution in [1.82, 2.24) is 9.55 Å². The maximum absolute atomic E-state index is 15.1. The van der Waals surface area contributed by atoms with Crippen molar-refractivity contribution in [3.8, 4) is 5.75 Å². The molecular formula is C16H17F2N2O7P. The normalized spacial score (nSPS) is 30.9. The minimum absolute atomic E-state index is 0.255. The van der Waals surface area contributed by atoms with Gasteiger partial charge in [-0.05, 0) is 19.1 Å². The molecule has 0 bridgehead atoms. The number of H-pyrrole nitrogens is 1. The monoisotopic (exact) mass is 418 g/mol. The summed E-state index contributed by atoms with van der Waals surface area (Å²) in [5, 5.41) is 10.1. The molecule has 0 spiro atoms. The van der Waals surface area contributed by atoms with Gasteiger partial charge < -0.3 is 19.3 Å². The highest BCUT2D eigenvalue weighted by atomic mass is 31.2. The minimum atomic E-state index is -3.09. The van der Waals surface area contributed by atoms with Crippen LogP contribution in [0.3, 0.4) is 0 Å². The molecule has 1 unspecified atom stereocenters. The number of aliphatic hydroxyl groups excluding tert-OH is 1. The molecule has 0 saturated carbocycles. The van der Waals surface area contributed by atoms with Crippen LogP contribution in [-0.2, 0) is 9.26 Å². The first kappa shape index (κ1) is 20.6. The third kappa shape index (κ3) is 3.98. The van der Waals surface area contributed by atoms with Crippen molar-refractivity contribution >= 4 is 8.60 Å². The Kier molecular flexibility index (Phi) is 5.64. The highest BCUT2D eigenvalue weighted by Gasteiger charge is 2.64. The maximum Gasteiger partial charge on any atom is 0.394 e. The zero-order chi connectivity index (χ0) is 20.5. The molecule has 1 aromatic carbocycles. The molecule has 0 amide bonds. The van der Waals surface area contributed by atoms with Gasteiger partial charge in [-0.1, -0.05) is 18.2 Å². The van der Waals surface area contributed by atoms with Crippen LogP contribution in [0.15, 0.2) is 52.2 Å². The summed E-state index contributed by atoms with van der Waals surface area (Å²) in [5.41, 5.74) is -4.53. The largest absolute Gasteiger partial charge is 0.427 e. The van der Waals surface area contributed by atoms with Gasteiger partial charge in [-0.3, -0.25) is 18.9 Å². The summed E-state index contributed by atoms with van der Waals surface area (Å²) in [6.07, 6.45) is -3.33. The Labute approximate surface area is 158 Å². The Bertz CT molecular complexity index is 938. The van der Waals surface area contributed by atoms with Crippen molar-refractivity contribution in [1.29, 1.82) is 0 Å². The number of nitrogens with one attached hydrogen (secondary N) is 1. The summed E-state index contributed by atoms with van der Waals surface area (Å²) in [6.45, 7) is -0.235. The smallest absolute Gasteiger partial charge is 0.394 e. The predicted octanol–water partition coefficient (Wildman–Crippen LogP) is 1.14. The number of hydrogen-bond donors (Lipinski definition) is 3. The van der Waals surface area contributed by atoms with E-state index in [-0.39, 0.29) is 5.75 Å². The first-order valence-corrected chi connectivity index (χ1v) is 9.16. The number of aromatic amines is 1. The van der Waals surface area contributed by atoms with E-state index in [9.17, 15) is 24.0 Å². The molecular weight excluding hydrogens is 401 g/mol. The summed E-state index contributed by atoms with van der Waals surface area (Å²) >= 11 is 0. The molecule has 1 aliphatic rings. The number of benzene rings is 1. The molecule has 28 heavy (non-hydrogen) atoms. The molecule has 2 heterocycles. The van der Waals surface area contributed by atoms with E-state index in [2.05, 4.69) is 0 Å². The molecule has 2 aromatic rings. The molecule has 152 valence electrons. The van der Waals surface area contributed by atoms with Crippen LogP contribution in [0.4, 0.5) is 8.78 Å². The number of rotatable bonds is 6. The van der Waals surface area contributed by atoms with E-state index in [0.717, 1.165) is 19.2 Å². The van der Waals surface area contributed by atoms with Crippen molar-refractivity contribution in [2.24, 2.45) is 0 Å². The molecule has 3 rings (SSSR count). The van der Waals surface area contributed by atoms with Crippen LogP contribution in [0.2, 0.25) is 0 Å². The van der Waals surface area contributed by atoms with Crippen LogP contribution in [-0.4, -0.2) is 43.8 Å². The van der Waals surface area contributed by atoms with E-state index in [1.54, 1.807) is 18.2 Å². The average molecular weight is 418 g/mol. The molecule has 12 heteroatoms. The van der Waals surface area contributed by atoms with Crippen LogP contribution < -0.4 is 15.8 Å². The molecule has 9 nitrogen and oxygen atoms in total. The van der Waals surface area contributed by atoms with Crippen molar-refractivity contribution in [3.63, 3.8) is 0 Å². The number of ether oxygens (including phenoxy) is 1. The highest BCUT2D eigenvalue weighted by Crippen LogP contribution is 2.48. The number of aromatic nitrogens is 2. The third-order valence-electron chi connectivity index (χ3n) is 4.14. The number of halogens is 2. The second kappa shape index (κ2) is 7.69. The van der Waals surface area contributed by atoms with E-state index < -0.39 is 50.3 Å². The SMILES string of the molecule is C[C@]1(F)[C@H](n2ccc(=O)[nH]c2=O)O[C@](F)(COP(O)Oc2ccccc2)[C@H]1O. The summed E-state index contributed by atoms with van der Waals surface area (Å²) in [4.78, 5) is 34.7. The molecule has 1 fully saturated rings. The molecule has 1 saturated heterocycles. The fraction of sp³-hybridized carbons (Fsp3) is 0.375. The van der Waals surface area contributed by atoms with Crippen molar-refractivity contribution in [3.05, 3.63) is 63.4 Å². The van der Waals surface area contributed by atoms with Gasteiger partial charge >= 0.3 is 14.3 Å². The van der Waals surface area contributed by atoms with Gasteiger partial charge in [0.25, 0.3) is 11.4 Å². The quantitative estimate of drug-likeness (QED) is 0.601. The summed E-state index contributed by atoms with van der Waals surface area (Å²) in [7, 11) is -2.60. The molecule has 3 N–H and O–H groups in total. The molecule has 5 atom stereocenters. The van der Waals surface area contributed by atoms with E-state index in [0.29, 0.717) is 4.57 Å². The van der Waals surface area contributed by atoms with Crippen LogP contribution in [0, 0.1) is 0 Å². The van der Waals surface area contributed by atoms with Crippen molar-refractivity contribution in [2.45, 2.75) is 30.8 Å². The second-order valence-electron chi connectivity index (χ2n) is 6.24. The van der Waals surface area contributed by atoms with Gasteiger partial charge in [0.05, 0.1) is 0 Å². The molecule has 1 aliphatic heterocycles. The Morgan fingerprint density at radius 1 is 1.29 bits per heavy atom. The van der Waals surface area contributed by atoms with Gasteiger partial charge in [0.2, 0.25) is 0 Å². The van der Waals surface area contributed by atoms with Crippen LogP contribution in [0.5, 0.6) is 5.75 Å². The van der Waals surface area contributed by atoms with Crippen LogP contribution >= 0.6 is 8.60 Å². The Balaban J connectivity index is 1.74. The van der Waals surface area contributed by atoms with Crippen LogP contribution in [0.1, 0.15) is 13.2 Å². The van der Waals surface area contributed by atoms with Gasteiger partial charge in [0.15, 0.2) is 18.0 Å². The Morgan fingerprint density at radius 2 is 1.96 bits per heavy atom. The van der Waals surface area contributed by atoms with E-state index in [4.69, 9.17) is 13.8 Å². The zero-order valence-electron chi connectivity index (χ0n) is 14.5. The standard InChI is InChI=1S/C16H17F2N2O7P/c1-15(17)12(22)16(18,9-25-28(24)27-10-5-3-2-4-6-10)26-13(15)20-8-7-11(21)19-14(20)23/h2-8,12-13,22,24H,9H2,1H3,(H,19,21,23)/t12-,13+,15+,16+,28?/m0/s1. The van der Waals surface area contributed by atoms with E-state index >= 15 is 4.39 Å². The lowest BCUT2D eigenvalue weighted by Gasteiger charge is -2.25. The van der Waals surface area contributed by atoms with Crippen LogP contribution in [0.25, 0.3) is 0 Å². The lowest BCUT2D eigenvalue weighted by Crippen LogP contribution is -2.47. The van der Waals surface area contributed by atoms with E-state index in [1.807, 2.05) is 4.98 Å². The fourth-order valence-corrected chi connectivity index (χ4v) is 3.36. The van der Waals surface area contributed by atoms with Gasteiger partial charge in [0, 0.05) is 12.3 Å². The average Bonchev–Trinajstić information content (AvgIpc) is 2.82. The number of nitrogens with zero attached hydrogens (tertiary/aromatic N) is 1. The molecule has 0 radical (unpaired) electrons. The summed E-state index contributed by atoms with van der Waals surface area (Å²) in [5.74, 6) is -2.84. The Morgan fingerprint density at radius 3 is 2.61 bits per heavy atom. The Hall–Kier alpha value is -2.17. The molecule has 0 aliphatic carbocycles. The third-order valence-corrected chi connectivity index (χ3v) is 4.85. The zero-order valence-corrected chi connectivity index (χ0v) is 15.4. The topological polar surface area (TPSA) is 123 Å². The molecule has 1 aromatic heterocycles. The number of hydrogen-bond acceptors (Lipinski definition) is 7. The van der Waals surface area contributed by atoms with Gasteiger partial charge in [-0.25, -0.2) is 13.6 Å². The van der Waals surface area contributed by atoms with E-state index in [1.165, 1.54) is 12.1 Å². The second-order valence-corrected chi connectivity index (χ2v) is 7.16. The highest BCUT2D eigenvalue weighted by molar-refractivity contribution is 7.41. The van der Waals surface area contributed by atoms with Gasteiger partial charge in [-0.15, -0.1) is 0 Å². The maximum atomic E-state index is 15.1. The number of alkyl halides is 2.